The first-order chi connectivity index (χ1) is 21.4. The van der Waals surface area contributed by atoms with Crippen LogP contribution in [0.2, 0.25) is 0 Å². The van der Waals surface area contributed by atoms with Crippen molar-refractivity contribution in [3.63, 3.8) is 0 Å². The van der Waals surface area contributed by atoms with Crippen LogP contribution < -0.4 is 0 Å². The molecule has 4 fully saturated rings. The predicted octanol–water partition coefficient (Wildman–Crippen LogP) is 5.05. The topological polar surface area (TPSA) is 138 Å². The summed E-state index contributed by atoms with van der Waals surface area (Å²) in [6, 6.07) is 4.83. The smallest absolute Gasteiger partial charge is 0.337 e. The van der Waals surface area contributed by atoms with Crippen molar-refractivity contribution in [3.8, 4) is 11.8 Å². The maximum Gasteiger partial charge on any atom is 0.337 e. The molecule has 0 radical (unpaired) electrons. The number of aliphatic hydroxyl groups is 1. The number of fused-ring (bicyclic) bond motifs is 6. The number of rotatable bonds is 5. The van der Waals surface area contributed by atoms with Gasteiger partial charge in [-0.05, 0) is 86.5 Å². The number of pyridine rings is 1. The third-order valence-corrected chi connectivity index (χ3v) is 13.3. The Balaban J connectivity index is 1.31. The van der Waals surface area contributed by atoms with E-state index in [-0.39, 0.29) is 37.5 Å². The molecule has 9 nitrogen and oxygen atoms in total. The molecule has 4 aliphatic carbocycles. The fourth-order valence-corrected chi connectivity index (χ4v) is 11.4. The molecule has 2 N–H and O–H groups in total. The lowest BCUT2D eigenvalue weighted by atomic mass is 9.41. The molecule has 3 heterocycles. The number of carbonyl (C=O) groups excluding carboxylic acids is 1. The molecule has 1 saturated heterocycles. The summed E-state index contributed by atoms with van der Waals surface area (Å²) < 4.78 is 39.5. The van der Waals surface area contributed by atoms with E-state index in [1.807, 2.05) is 26.0 Å². The summed E-state index contributed by atoms with van der Waals surface area (Å²) in [5.74, 6) is -2.96. The van der Waals surface area contributed by atoms with Crippen LogP contribution in [0.25, 0.3) is 11.8 Å². The normalized spacial score (nSPS) is 40.0. The van der Waals surface area contributed by atoms with E-state index >= 15 is 4.39 Å². The van der Waals surface area contributed by atoms with E-state index in [4.69, 9.17) is 4.74 Å². The Labute approximate surface area is 264 Å². The first-order valence-electron chi connectivity index (χ1n) is 15.6. The van der Waals surface area contributed by atoms with Crippen molar-refractivity contribution in [2.24, 2.45) is 28.1 Å². The molecule has 0 unspecified atom stereocenters. The number of hydrogen-bond acceptors (Lipinski definition) is 8. The number of hydrogen-bond donors (Lipinski definition) is 2. The van der Waals surface area contributed by atoms with Crippen molar-refractivity contribution < 1.29 is 33.3 Å². The largest absolute Gasteiger partial charge is 0.479 e. The monoisotopic (exact) mass is 638 g/mol. The number of carbonyl (C=O) groups is 2. The second-order valence-electron chi connectivity index (χ2n) is 13.9. The van der Waals surface area contributed by atoms with Crippen LogP contribution in [0.4, 0.5) is 8.78 Å². The van der Waals surface area contributed by atoms with E-state index in [0.717, 1.165) is 28.6 Å². The second-order valence-corrected chi connectivity index (χ2v) is 14.9. The molecule has 45 heavy (non-hydrogen) atoms. The van der Waals surface area contributed by atoms with Crippen molar-refractivity contribution in [1.29, 1.82) is 5.26 Å². The third-order valence-electron chi connectivity index (χ3n) is 12.4. The van der Waals surface area contributed by atoms with Crippen LogP contribution in [0.1, 0.15) is 70.1 Å². The number of carboxylic acids is 1. The highest BCUT2D eigenvalue weighted by molar-refractivity contribution is 8.13. The van der Waals surface area contributed by atoms with Gasteiger partial charge in [-0.1, -0.05) is 31.2 Å². The number of halogens is 2. The summed E-state index contributed by atoms with van der Waals surface area (Å²) in [6.07, 6.45) is 5.96. The minimum atomic E-state index is -2.05. The van der Waals surface area contributed by atoms with Crippen LogP contribution >= 0.6 is 11.8 Å². The lowest BCUT2D eigenvalue weighted by Gasteiger charge is -2.65. The maximum atomic E-state index is 18.2. The van der Waals surface area contributed by atoms with Gasteiger partial charge in [0, 0.05) is 17.9 Å². The summed E-state index contributed by atoms with van der Waals surface area (Å²) in [6.45, 7) is 3.92. The fourth-order valence-electron chi connectivity index (χ4n) is 10.5. The van der Waals surface area contributed by atoms with Crippen LogP contribution in [0.3, 0.4) is 0 Å². The lowest BCUT2D eigenvalue weighted by Crippen LogP contribution is -2.71. The number of thioether (sulfide) groups is 1. The number of aromatic nitrogens is 3. The van der Waals surface area contributed by atoms with Crippen LogP contribution in [-0.4, -0.2) is 65.8 Å². The number of allylic oxidation sites excluding steroid dienone is 1. The number of nitriles is 1. The number of alkyl halides is 1. The predicted molar refractivity (Wildman–Crippen MR) is 160 cm³/mol. The first-order valence-corrected chi connectivity index (χ1v) is 16.6. The van der Waals surface area contributed by atoms with E-state index in [1.165, 1.54) is 12.3 Å². The lowest BCUT2D eigenvalue weighted by molar-refractivity contribution is -0.236. The summed E-state index contributed by atoms with van der Waals surface area (Å²) >= 11 is 0.808. The fraction of sp³-hybridized carbons (Fsp3) is 0.606. The summed E-state index contributed by atoms with van der Waals surface area (Å²) in [7, 11) is 0. The highest BCUT2D eigenvalue weighted by Gasteiger charge is 2.80. The van der Waals surface area contributed by atoms with Crippen LogP contribution in [0.5, 0.6) is 0 Å². The van der Waals surface area contributed by atoms with Gasteiger partial charge in [0.25, 0.3) is 0 Å². The van der Waals surface area contributed by atoms with Gasteiger partial charge in [0.1, 0.15) is 5.67 Å². The molecular weight excluding hydrogens is 602 g/mol. The van der Waals surface area contributed by atoms with Crippen molar-refractivity contribution in [2.75, 3.05) is 12.4 Å². The average Bonchev–Trinajstić information content (AvgIpc) is 3.73. The van der Waals surface area contributed by atoms with Gasteiger partial charge in [0.15, 0.2) is 10.7 Å². The quantitative estimate of drug-likeness (QED) is 0.431. The van der Waals surface area contributed by atoms with E-state index in [0.29, 0.717) is 37.8 Å². The zero-order valence-corrected chi connectivity index (χ0v) is 26.1. The minimum absolute atomic E-state index is 0.0991. The molecule has 2 aromatic rings. The number of ether oxygens (including phenoxy) is 1. The van der Waals surface area contributed by atoms with Gasteiger partial charge in [-0.15, -0.1) is 0 Å². The standard InChI is InChI=1S/C33H36F2N4O5S/c1-29-15-19-17-38-39(21-5-7-26(34)37-18-21)24(19)14-20(29)4-6-23-22-8-10-31(28(43)45-13-11-36,32(27(41)42)9-3-12-44-32)30(22,2)16-25(40)33(23,29)35/h5,7,14,17-18,22-23,25,40H,3-4,6,8-10,12-13,15-16H2,1-2H3,(H,41,42)/t22-,23-,25-,29-,30-,31+,32+,33-/m0/s1. The molecular formula is C33H36F2N4O5S. The Morgan fingerprint density at radius 1 is 1.22 bits per heavy atom. The molecule has 8 atom stereocenters. The number of nitrogens with zero attached hydrogens (tertiary/aromatic N) is 4. The van der Waals surface area contributed by atoms with Crippen LogP contribution in [0, 0.1) is 45.4 Å². The molecule has 238 valence electrons. The average molecular weight is 639 g/mol. The van der Waals surface area contributed by atoms with Crippen molar-refractivity contribution in [2.45, 2.75) is 82.6 Å². The Kier molecular flexibility index (Phi) is 6.90. The van der Waals surface area contributed by atoms with Crippen LogP contribution in [-0.2, 0) is 20.7 Å². The zero-order chi connectivity index (χ0) is 32.0. The van der Waals surface area contributed by atoms with Gasteiger partial charge < -0.3 is 14.9 Å². The molecule has 0 aromatic carbocycles. The molecule has 12 heteroatoms. The summed E-state index contributed by atoms with van der Waals surface area (Å²) in [5.41, 5.74) is -4.52. The van der Waals surface area contributed by atoms with Crippen LogP contribution in [0.15, 0.2) is 30.1 Å². The molecule has 3 saturated carbocycles. The zero-order valence-electron chi connectivity index (χ0n) is 25.3. The van der Waals surface area contributed by atoms with Gasteiger partial charge in [-0.3, -0.25) is 4.79 Å². The van der Waals surface area contributed by atoms with Gasteiger partial charge in [0.05, 0.1) is 47.1 Å². The number of carboxylic acid groups (broad SMARTS) is 1. The van der Waals surface area contributed by atoms with Crippen molar-refractivity contribution >= 4 is 28.9 Å². The van der Waals surface area contributed by atoms with Crippen molar-refractivity contribution in [1.82, 2.24) is 14.8 Å². The number of aliphatic hydroxyl groups excluding tert-OH is 1. The molecule has 2 aromatic heterocycles. The molecule has 0 bridgehead atoms. The van der Waals surface area contributed by atoms with E-state index in [1.54, 1.807) is 16.9 Å². The van der Waals surface area contributed by atoms with E-state index in [2.05, 4.69) is 10.1 Å². The molecule has 5 aliphatic rings. The molecule has 0 spiro atoms. The number of aliphatic carboxylic acids is 1. The van der Waals surface area contributed by atoms with Crippen molar-refractivity contribution in [3.05, 3.63) is 47.3 Å². The van der Waals surface area contributed by atoms with Gasteiger partial charge in [-0.25, -0.2) is 18.9 Å². The Morgan fingerprint density at radius 2 is 2.02 bits per heavy atom. The minimum Gasteiger partial charge on any atom is -0.479 e. The van der Waals surface area contributed by atoms with E-state index < -0.39 is 56.6 Å². The second kappa shape index (κ2) is 10.2. The molecule has 0 amide bonds. The van der Waals surface area contributed by atoms with Gasteiger partial charge in [-0.2, -0.15) is 14.8 Å². The Hall–Kier alpha value is -3.14. The SMILES string of the molecule is C[C@]12Cc3cnn(-c4ccc(F)nc4)c3C=C1CC[C@H]1[C@@H]3CC[C@](C(=O)SCC#N)([C@]4(C(=O)O)CCCO4)[C@@]3(C)C[C@H](O)[C@@]12F. The molecule has 7 rings (SSSR count). The summed E-state index contributed by atoms with van der Waals surface area (Å²) in [5, 5.41) is 36.2. The van der Waals surface area contributed by atoms with E-state index in [9.17, 15) is 29.5 Å². The Bertz CT molecular complexity index is 1650. The van der Waals surface area contributed by atoms with Gasteiger partial charge >= 0.3 is 5.97 Å². The molecule has 1 aliphatic heterocycles. The summed E-state index contributed by atoms with van der Waals surface area (Å²) in [4.78, 5) is 31.1. The van der Waals surface area contributed by atoms with Gasteiger partial charge in [0.2, 0.25) is 5.95 Å². The highest BCUT2D eigenvalue weighted by atomic mass is 32.2. The first kappa shape index (κ1) is 30.5. The third kappa shape index (κ3) is 3.72. The highest BCUT2D eigenvalue weighted by Crippen LogP contribution is 2.75. The Morgan fingerprint density at radius 3 is 2.69 bits per heavy atom. The maximum absolute atomic E-state index is 18.2.